The molecule has 1 N–H and O–H groups in total. The molecule has 2 saturated heterocycles. The van der Waals surface area contributed by atoms with Crippen LogP contribution in [0.4, 0.5) is 0 Å². The molecule has 3 aromatic carbocycles. The van der Waals surface area contributed by atoms with Crippen molar-refractivity contribution in [2.75, 3.05) is 39.8 Å². The summed E-state index contributed by atoms with van der Waals surface area (Å²) in [5, 5.41) is 3.41. The molecule has 2 aliphatic heterocycles. The summed E-state index contributed by atoms with van der Waals surface area (Å²) in [6, 6.07) is 26.5. The summed E-state index contributed by atoms with van der Waals surface area (Å²) in [5.41, 5.74) is 2.35. The highest BCUT2D eigenvalue weighted by Crippen LogP contribution is 2.31. The third-order valence-electron chi connectivity index (χ3n) is 7.99. The van der Waals surface area contributed by atoms with Crippen LogP contribution in [0, 0.1) is 0 Å². The van der Waals surface area contributed by atoms with Gasteiger partial charge in [0.25, 0.3) is 0 Å². The molecule has 6 heteroatoms. The van der Waals surface area contributed by atoms with Crippen LogP contribution in [0.5, 0.6) is 17.2 Å². The number of amides is 1. The fourth-order valence-electron chi connectivity index (χ4n) is 5.79. The number of carbonyl (C=O) groups is 1. The molecule has 1 unspecified atom stereocenters. The molecule has 206 valence electrons. The van der Waals surface area contributed by atoms with E-state index < -0.39 is 0 Å². The second kappa shape index (κ2) is 13.6. The van der Waals surface area contributed by atoms with E-state index in [4.69, 9.17) is 9.47 Å². The minimum atomic E-state index is -0.0872. The first-order valence-corrected chi connectivity index (χ1v) is 14.4. The van der Waals surface area contributed by atoms with Crippen molar-refractivity contribution in [2.45, 2.75) is 50.6 Å². The van der Waals surface area contributed by atoms with Gasteiger partial charge in [-0.3, -0.25) is 9.69 Å². The Hall–Kier alpha value is -3.35. The molecule has 0 aromatic heterocycles. The number of benzene rings is 3. The van der Waals surface area contributed by atoms with Crippen LogP contribution in [0.2, 0.25) is 0 Å². The van der Waals surface area contributed by atoms with Gasteiger partial charge in [0.15, 0.2) is 11.5 Å². The number of rotatable bonds is 11. The van der Waals surface area contributed by atoms with Gasteiger partial charge < -0.3 is 19.7 Å². The molecule has 1 amide bonds. The number of nitrogens with zero attached hydrogens (tertiary/aromatic N) is 2. The number of likely N-dealkylation sites (tertiary alicyclic amines) is 2. The van der Waals surface area contributed by atoms with E-state index in [0.717, 1.165) is 75.6 Å². The van der Waals surface area contributed by atoms with Crippen LogP contribution < -0.4 is 14.8 Å². The van der Waals surface area contributed by atoms with Crippen molar-refractivity contribution in [3.8, 4) is 17.2 Å². The number of hydrogen-bond donors (Lipinski definition) is 1. The smallest absolute Gasteiger partial charge is 0.227 e. The molecule has 2 aliphatic rings. The van der Waals surface area contributed by atoms with E-state index >= 15 is 0 Å². The summed E-state index contributed by atoms with van der Waals surface area (Å²) in [6.07, 6.45) is 5.37. The molecule has 3 aromatic rings. The van der Waals surface area contributed by atoms with Gasteiger partial charge in [0.2, 0.25) is 5.91 Å². The number of methoxy groups -OCH3 is 1. The molecule has 2 fully saturated rings. The first-order valence-electron chi connectivity index (χ1n) is 14.4. The number of para-hydroxylation sites is 2. The Morgan fingerprint density at radius 1 is 0.872 bits per heavy atom. The Morgan fingerprint density at radius 2 is 1.59 bits per heavy atom. The lowest BCUT2D eigenvalue weighted by Gasteiger charge is -2.33. The zero-order valence-electron chi connectivity index (χ0n) is 23.1. The maximum Gasteiger partial charge on any atom is 0.227 e. The molecule has 6 nitrogen and oxygen atoms in total. The summed E-state index contributed by atoms with van der Waals surface area (Å²) >= 11 is 0. The van der Waals surface area contributed by atoms with Crippen LogP contribution in [0.1, 0.15) is 49.1 Å². The Bertz CT molecular complexity index is 1190. The lowest BCUT2D eigenvalue weighted by Crippen LogP contribution is -2.46. The summed E-state index contributed by atoms with van der Waals surface area (Å²) in [7, 11) is 1.65. The van der Waals surface area contributed by atoms with Gasteiger partial charge in [-0.25, -0.2) is 0 Å². The lowest BCUT2D eigenvalue weighted by atomic mass is 9.93. The molecule has 5 rings (SSSR count). The van der Waals surface area contributed by atoms with Crippen molar-refractivity contribution in [1.82, 2.24) is 15.1 Å². The monoisotopic (exact) mass is 527 g/mol. The zero-order valence-corrected chi connectivity index (χ0v) is 23.1. The number of ether oxygens (including phenoxy) is 2. The van der Waals surface area contributed by atoms with Crippen LogP contribution in [-0.2, 0) is 11.3 Å². The van der Waals surface area contributed by atoms with Gasteiger partial charge in [-0.2, -0.15) is 0 Å². The maximum atomic E-state index is 13.5. The third kappa shape index (κ3) is 7.61. The second-order valence-corrected chi connectivity index (χ2v) is 10.8. The summed E-state index contributed by atoms with van der Waals surface area (Å²) < 4.78 is 11.5. The SMILES string of the molecule is COc1ccccc1Oc1cccc(CN2CCC(NC(=O)C(CCN3CCCC3)c3ccccc3)CC2)c1. The van der Waals surface area contributed by atoms with Gasteiger partial charge >= 0.3 is 0 Å². The van der Waals surface area contributed by atoms with Crippen LogP contribution in [0.15, 0.2) is 78.9 Å². The first-order chi connectivity index (χ1) is 19.2. The predicted octanol–water partition coefficient (Wildman–Crippen LogP) is 5.84. The van der Waals surface area contributed by atoms with Crippen molar-refractivity contribution < 1.29 is 14.3 Å². The van der Waals surface area contributed by atoms with Crippen molar-refractivity contribution in [2.24, 2.45) is 0 Å². The summed E-state index contributed by atoms with van der Waals surface area (Å²) in [5.74, 6) is 2.33. The van der Waals surface area contributed by atoms with Crippen molar-refractivity contribution in [3.05, 3.63) is 90.0 Å². The molecule has 0 spiro atoms. The minimum absolute atomic E-state index is 0.0872. The highest BCUT2D eigenvalue weighted by atomic mass is 16.5. The van der Waals surface area contributed by atoms with E-state index in [1.54, 1.807) is 7.11 Å². The molecule has 39 heavy (non-hydrogen) atoms. The topological polar surface area (TPSA) is 54.0 Å². The fraction of sp³-hybridized carbons (Fsp3) is 0.424. The van der Waals surface area contributed by atoms with Gasteiger partial charge in [-0.15, -0.1) is 0 Å². The Labute approximate surface area is 232 Å². The number of nitrogens with one attached hydrogen (secondary N) is 1. The molecular formula is C33H41N3O3. The van der Waals surface area contributed by atoms with Gasteiger partial charge in [0, 0.05) is 25.7 Å². The van der Waals surface area contributed by atoms with Crippen LogP contribution in [0.25, 0.3) is 0 Å². The molecule has 1 atom stereocenters. The highest BCUT2D eigenvalue weighted by molar-refractivity contribution is 5.83. The highest BCUT2D eigenvalue weighted by Gasteiger charge is 2.27. The van der Waals surface area contributed by atoms with Crippen molar-refractivity contribution >= 4 is 5.91 Å². The fourth-order valence-corrected chi connectivity index (χ4v) is 5.79. The van der Waals surface area contributed by atoms with Crippen LogP contribution in [-0.4, -0.2) is 61.6 Å². The average Bonchev–Trinajstić information content (AvgIpc) is 3.49. The van der Waals surface area contributed by atoms with Gasteiger partial charge in [0.1, 0.15) is 5.75 Å². The van der Waals surface area contributed by atoms with Gasteiger partial charge in [-0.1, -0.05) is 54.6 Å². The van der Waals surface area contributed by atoms with Crippen molar-refractivity contribution in [3.63, 3.8) is 0 Å². The van der Waals surface area contributed by atoms with E-state index in [1.165, 1.54) is 18.4 Å². The second-order valence-electron chi connectivity index (χ2n) is 10.8. The van der Waals surface area contributed by atoms with Crippen molar-refractivity contribution in [1.29, 1.82) is 0 Å². The maximum absolute atomic E-state index is 13.5. The summed E-state index contributed by atoms with van der Waals surface area (Å²) in [6.45, 7) is 6.12. The van der Waals surface area contributed by atoms with E-state index in [-0.39, 0.29) is 17.9 Å². The average molecular weight is 528 g/mol. The zero-order chi connectivity index (χ0) is 26.9. The first kappa shape index (κ1) is 27.2. The quantitative estimate of drug-likeness (QED) is 0.340. The Balaban J connectivity index is 1.13. The molecule has 0 radical (unpaired) electrons. The normalized spacial score (nSPS) is 17.6. The van der Waals surface area contributed by atoms with Crippen LogP contribution >= 0.6 is 0 Å². The Kier molecular flexibility index (Phi) is 9.52. The third-order valence-corrected chi connectivity index (χ3v) is 7.99. The standard InChI is InChI=1S/C33H41N3O3/c1-38-31-14-5-6-15-32(31)39-29-13-9-10-26(24-29)25-36-21-16-28(17-22-36)34-33(37)30(27-11-3-2-4-12-27)18-23-35-19-7-8-20-35/h2-6,9-15,24,28,30H,7-8,16-23,25H2,1H3,(H,34,37). The molecule has 0 aliphatic carbocycles. The van der Waals surface area contributed by atoms with Gasteiger partial charge in [-0.05, 0) is 87.1 Å². The summed E-state index contributed by atoms with van der Waals surface area (Å²) in [4.78, 5) is 18.4. The molecule has 0 bridgehead atoms. The predicted molar refractivity (Wildman–Crippen MR) is 155 cm³/mol. The lowest BCUT2D eigenvalue weighted by molar-refractivity contribution is -0.123. The van der Waals surface area contributed by atoms with E-state index in [2.05, 4.69) is 39.4 Å². The molecular weight excluding hydrogens is 486 g/mol. The number of hydrogen-bond acceptors (Lipinski definition) is 5. The molecule has 0 saturated carbocycles. The van der Waals surface area contributed by atoms with E-state index in [1.807, 2.05) is 54.6 Å². The largest absolute Gasteiger partial charge is 0.493 e. The number of carbonyl (C=O) groups excluding carboxylic acids is 1. The van der Waals surface area contributed by atoms with E-state index in [9.17, 15) is 4.79 Å². The van der Waals surface area contributed by atoms with Gasteiger partial charge in [0.05, 0.1) is 13.0 Å². The van der Waals surface area contributed by atoms with Crippen LogP contribution in [0.3, 0.4) is 0 Å². The number of piperidine rings is 1. The Morgan fingerprint density at radius 3 is 2.33 bits per heavy atom. The van der Waals surface area contributed by atoms with E-state index in [0.29, 0.717) is 5.75 Å². The minimum Gasteiger partial charge on any atom is -0.493 e. The molecule has 2 heterocycles.